The molecule has 66 valence electrons. The molecule has 0 saturated carbocycles. The number of likely N-dealkylation sites (N-methyl/N-ethyl adjacent to an activating group) is 1. The summed E-state index contributed by atoms with van der Waals surface area (Å²) >= 11 is 0. The van der Waals surface area contributed by atoms with Gasteiger partial charge in [0.05, 0.1) is 38.3 Å². The summed E-state index contributed by atoms with van der Waals surface area (Å²) in [5, 5.41) is 12.6. The average molecular weight is 173 g/mol. The molecule has 0 aliphatic heterocycles. The van der Waals surface area contributed by atoms with E-state index in [1.165, 1.54) is 0 Å². The molecule has 2 N–H and O–H groups in total. The van der Waals surface area contributed by atoms with Gasteiger partial charge in [-0.1, -0.05) is 0 Å². The third kappa shape index (κ3) is 7.29. The minimum absolute atomic E-state index is 0.462. The fraction of sp³-hybridized carbons (Fsp3) is 0.857. The Kier molecular flexibility index (Phi) is 0.738. The molecule has 11 heavy (non-hydrogen) atoms. The Morgan fingerprint density at radius 1 is 1.91 bits per heavy atom. The molecule has 4 nitrogen and oxygen atoms in total. The average Bonchev–Trinajstić information content (AvgIpc) is 2.24. The van der Waals surface area contributed by atoms with E-state index in [4.69, 9.17) is 20.2 Å². The van der Waals surface area contributed by atoms with Crippen molar-refractivity contribution < 1.29 is 33.2 Å². The Hall–Kier alpha value is -0.610. The summed E-state index contributed by atoms with van der Waals surface area (Å²) in [4.78, 5) is 10.9. The van der Waals surface area contributed by atoms with Crippen LogP contribution in [-0.2, 0) is 4.79 Å². The van der Waals surface area contributed by atoms with Crippen molar-refractivity contribution in [3.05, 3.63) is 0 Å². The van der Waals surface area contributed by atoms with Crippen LogP contribution in [0.2, 0.25) is 0 Å². The number of carbonyl (C=O) groups is 1. The normalized spacial score (nSPS) is 34.1. The number of quaternary nitrogens is 1. The van der Waals surface area contributed by atoms with Gasteiger partial charge < -0.3 is 14.7 Å². The van der Waals surface area contributed by atoms with Crippen molar-refractivity contribution in [1.29, 1.82) is 1.43 Å². The highest BCUT2D eigenvalue weighted by atomic mass is 16.4. The second-order valence-electron chi connectivity index (χ2n) is 1.96. The molecule has 0 aromatic rings. The van der Waals surface area contributed by atoms with Crippen LogP contribution in [0, 0.1) is 0 Å². The van der Waals surface area contributed by atoms with Gasteiger partial charge in [-0.15, -0.1) is 0 Å². The van der Waals surface area contributed by atoms with E-state index in [-0.39, 0.29) is 0 Å². The molecule has 0 bridgehead atoms. The zero-order valence-corrected chi connectivity index (χ0v) is 5.79. The van der Waals surface area contributed by atoms with E-state index in [0.29, 0.717) is 7.05 Å². The third-order valence-electron chi connectivity index (χ3n) is 0.630. The molecule has 0 radical (unpaired) electrons. The summed E-state index contributed by atoms with van der Waals surface area (Å²) in [6.45, 7) is -10.6. The first kappa shape index (κ1) is 2.20. The molecule has 0 aliphatic carbocycles. The van der Waals surface area contributed by atoms with Crippen molar-refractivity contribution in [3.8, 4) is 0 Å². The minimum Gasteiger partial charge on any atom is -0.481 e. The van der Waals surface area contributed by atoms with Crippen LogP contribution in [-0.4, -0.2) is 55.7 Å². The fourth-order valence-corrected chi connectivity index (χ4v) is 0.379. The summed E-state index contributed by atoms with van der Waals surface area (Å²) in [5.74, 6) is -2.23. The van der Waals surface area contributed by atoms with Gasteiger partial charge >= 0.3 is 5.97 Å². The summed E-state index contributed by atoms with van der Waals surface area (Å²) < 4.78 is 78.3. The highest BCUT2D eigenvalue weighted by Crippen LogP contribution is 1.98. The van der Waals surface area contributed by atoms with Crippen LogP contribution in [0.5, 0.6) is 0 Å². The van der Waals surface area contributed by atoms with Crippen LogP contribution in [0.25, 0.3) is 0 Å². The van der Waals surface area contributed by atoms with Gasteiger partial charge in [-0.25, -0.2) is 0 Å². The van der Waals surface area contributed by atoms with E-state index in [0.717, 1.165) is 0 Å². The first-order chi connectivity index (χ1) is 9.39. The van der Waals surface area contributed by atoms with Gasteiger partial charge in [0, 0.05) is 2.74 Å². The summed E-state index contributed by atoms with van der Waals surface area (Å²) in [6.07, 6.45) is -6.36. The molecular weight excluding hydrogens is 146 g/mol. The summed E-state index contributed by atoms with van der Waals surface area (Å²) in [5.41, 5.74) is 0. The Morgan fingerprint density at radius 2 is 2.55 bits per heavy atom. The second-order valence-corrected chi connectivity index (χ2v) is 1.96. The standard InChI is InChI=1S/C7H15NO3/c1-8(2,3)5-6(9)4-7(10)11/h6,9H,4-5H2,1-3H3/p+1/t6-/m1/s1/i1D3,2D3,4D2,5D2,9D. The van der Waals surface area contributed by atoms with Crippen molar-refractivity contribution in [3.63, 3.8) is 0 Å². The van der Waals surface area contributed by atoms with E-state index in [1.807, 2.05) is 0 Å². The Bertz CT molecular complexity index is 414. The van der Waals surface area contributed by atoms with Crippen molar-refractivity contribution in [2.75, 3.05) is 27.5 Å². The lowest BCUT2D eigenvalue weighted by atomic mass is 10.2. The van der Waals surface area contributed by atoms with E-state index in [9.17, 15) is 4.79 Å². The highest BCUT2D eigenvalue weighted by Gasteiger charge is 2.17. The number of hydrogen-bond donors (Lipinski definition) is 2. The minimum atomic E-state index is -3.60. The van der Waals surface area contributed by atoms with Gasteiger partial charge in [0.25, 0.3) is 0 Å². The largest absolute Gasteiger partial charge is 0.481 e. The summed E-state index contributed by atoms with van der Waals surface area (Å²) in [6, 6.07) is 0. The molecule has 0 unspecified atom stereocenters. The monoisotopic (exact) mass is 173 g/mol. The predicted molar refractivity (Wildman–Crippen MR) is 41.2 cm³/mol. The zero-order valence-electron chi connectivity index (χ0n) is 16.8. The lowest BCUT2D eigenvalue weighted by Gasteiger charge is -2.25. The number of aliphatic hydroxyl groups excluding tert-OH is 1. The van der Waals surface area contributed by atoms with Crippen LogP contribution in [0.15, 0.2) is 0 Å². The van der Waals surface area contributed by atoms with Crippen LogP contribution >= 0.6 is 0 Å². The van der Waals surface area contributed by atoms with Crippen LogP contribution < -0.4 is 0 Å². The molecule has 0 aromatic heterocycles. The Morgan fingerprint density at radius 3 is 2.91 bits per heavy atom. The maximum absolute atomic E-state index is 10.9. The van der Waals surface area contributed by atoms with E-state index in [2.05, 4.69) is 5.11 Å². The predicted octanol–water partition coefficient (Wildman–Crippen LogP) is -0.472. The maximum atomic E-state index is 10.9. The van der Waals surface area contributed by atoms with Gasteiger partial charge in [-0.05, 0) is 0 Å². The van der Waals surface area contributed by atoms with E-state index >= 15 is 0 Å². The lowest BCUT2D eigenvalue weighted by molar-refractivity contribution is -0.873. The van der Waals surface area contributed by atoms with Crippen LogP contribution in [0.3, 0.4) is 0 Å². The first-order valence-electron chi connectivity index (χ1n) is 8.02. The Balaban J connectivity index is 6.41. The Labute approximate surface area is 82.2 Å². The van der Waals surface area contributed by atoms with Crippen molar-refractivity contribution in [1.82, 2.24) is 0 Å². The van der Waals surface area contributed by atoms with Crippen molar-refractivity contribution in [2.24, 2.45) is 0 Å². The van der Waals surface area contributed by atoms with Gasteiger partial charge in [0.2, 0.25) is 1.43 Å². The quantitative estimate of drug-likeness (QED) is 0.553. The fourth-order valence-electron chi connectivity index (χ4n) is 0.379. The molecule has 1 atom stereocenters. The van der Waals surface area contributed by atoms with Crippen molar-refractivity contribution >= 4 is 5.97 Å². The number of aliphatic carboxylic acids is 1. The number of hydrogen-bond acceptors (Lipinski definition) is 2. The number of carboxylic acid groups (broad SMARTS) is 1. The molecule has 0 aliphatic rings. The first-order valence-corrected chi connectivity index (χ1v) is 2.61. The molecule has 0 heterocycles. The van der Waals surface area contributed by atoms with Gasteiger partial charge in [-0.3, -0.25) is 4.79 Å². The molecule has 4 heteroatoms. The van der Waals surface area contributed by atoms with E-state index in [1.54, 1.807) is 0 Å². The highest BCUT2D eigenvalue weighted by molar-refractivity contribution is 5.67. The number of rotatable bonds is 5. The van der Waals surface area contributed by atoms with Crippen LogP contribution in [0.4, 0.5) is 0 Å². The molecule has 0 amide bonds. The topological polar surface area (TPSA) is 57.5 Å². The molecule has 0 spiro atoms. The molecule has 0 rings (SSSR count). The number of nitrogens with zero attached hydrogens (tertiary/aromatic N) is 1. The lowest BCUT2D eigenvalue weighted by Crippen LogP contribution is -2.42. The second kappa shape index (κ2) is 3.69. The third-order valence-corrected chi connectivity index (χ3v) is 0.630. The van der Waals surface area contributed by atoms with Crippen LogP contribution in [0.1, 0.15) is 20.1 Å². The van der Waals surface area contributed by atoms with Gasteiger partial charge in [0.1, 0.15) is 12.6 Å². The molecule has 0 fully saturated rings. The number of carboxylic acids is 1. The van der Waals surface area contributed by atoms with Gasteiger partial charge in [0.15, 0.2) is 0 Å². The number of aliphatic hydroxyl groups is 1. The SMILES string of the molecule is [2H]O[C@H](C([2H])([2H])C(=O)O)C([2H])([2H])[N+](C)(C([2H])([2H])[2H])C([2H])([2H])[2H]. The van der Waals surface area contributed by atoms with Gasteiger partial charge in [-0.2, -0.15) is 0 Å². The molecule has 0 saturated heterocycles. The zero-order chi connectivity index (χ0) is 18.4. The molecule has 0 aromatic carbocycles. The van der Waals surface area contributed by atoms with E-state index < -0.39 is 43.4 Å². The smallest absolute Gasteiger partial charge is 0.306 e. The van der Waals surface area contributed by atoms with Crippen molar-refractivity contribution in [2.45, 2.75) is 12.5 Å². The summed E-state index contributed by atoms with van der Waals surface area (Å²) in [7, 11) is 0.462. The molecular formula is C7H16NO3+. The maximum Gasteiger partial charge on any atom is 0.306 e.